The Morgan fingerprint density at radius 1 is 1.12 bits per heavy atom. The Bertz CT molecular complexity index is 764. The topological polar surface area (TPSA) is 85.4 Å². The molecule has 32 heavy (non-hydrogen) atoms. The third-order valence-corrected chi connectivity index (χ3v) is 6.64. The Hall–Kier alpha value is -2.48. The summed E-state index contributed by atoms with van der Waals surface area (Å²) >= 11 is 0. The van der Waals surface area contributed by atoms with E-state index in [9.17, 15) is 14.7 Å². The summed E-state index contributed by atoms with van der Waals surface area (Å²) in [6.45, 7) is 9.91. The van der Waals surface area contributed by atoms with Gasteiger partial charge in [0.15, 0.2) is 0 Å². The maximum absolute atomic E-state index is 12.5. The van der Waals surface area contributed by atoms with Gasteiger partial charge in [0, 0.05) is 51.7 Å². The van der Waals surface area contributed by atoms with E-state index in [1.54, 1.807) is 7.11 Å². The molecule has 2 unspecified atom stereocenters. The fraction of sp³-hybridized carbons (Fsp3) is 0.667. The fourth-order valence-electron chi connectivity index (χ4n) is 4.88. The van der Waals surface area contributed by atoms with Crippen LogP contribution in [0.3, 0.4) is 0 Å². The molecule has 2 saturated heterocycles. The Morgan fingerprint density at radius 2 is 1.84 bits per heavy atom. The number of carbonyl (C=O) groups is 2. The van der Waals surface area contributed by atoms with Crippen molar-refractivity contribution in [2.24, 2.45) is 11.8 Å². The third-order valence-electron chi connectivity index (χ3n) is 6.64. The molecule has 2 amide bonds. The number of carbonyl (C=O) groups excluding carboxylic acids is 1. The number of benzene rings is 1. The molecular weight excluding hydrogens is 408 g/mol. The minimum absolute atomic E-state index is 0.0378. The van der Waals surface area contributed by atoms with Crippen molar-refractivity contribution >= 4 is 17.7 Å². The summed E-state index contributed by atoms with van der Waals surface area (Å²) < 4.78 is 5.51. The van der Waals surface area contributed by atoms with E-state index in [-0.39, 0.29) is 30.3 Å². The predicted octanol–water partition coefficient (Wildman–Crippen LogP) is 2.74. The summed E-state index contributed by atoms with van der Waals surface area (Å²) in [6.07, 6.45) is 1.86. The first-order valence-electron chi connectivity index (χ1n) is 11.7. The van der Waals surface area contributed by atoms with Crippen LogP contribution >= 0.6 is 0 Å². The molecule has 2 atom stereocenters. The first kappa shape index (κ1) is 24.2. The quantitative estimate of drug-likeness (QED) is 0.639. The first-order valence-corrected chi connectivity index (χ1v) is 11.7. The maximum atomic E-state index is 12.5. The van der Waals surface area contributed by atoms with Crippen LogP contribution in [-0.4, -0.2) is 85.9 Å². The van der Waals surface area contributed by atoms with Gasteiger partial charge in [-0.05, 0) is 57.2 Å². The van der Waals surface area contributed by atoms with E-state index < -0.39 is 5.97 Å². The number of urea groups is 1. The molecule has 3 rings (SSSR count). The number of rotatable bonds is 8. The smallest absolute Gasteiger partial charge is 0.317 e. The molecular formula is C24H38N4O4. The predicted molar refractivity (Wildman–Crippen MR) is 125 cm³/mol. The zero-order valence-corrected chi connectivity index (χ0v) is 19.6. The molecule has 0 aromatic heterocycles. The van der Waals surface area contributed by atoms with Crippen LogP contribution in [0.2, 0.25) is 0 Å². The Balaban J connectivity index is 1.53. The lowest BCUT2D eigenvalue weighted by atomic mass is 9.81. The van der Waals surface area contributed by atoms with Crippen LogP contribution in [0.4, 0.5) is 10.5 Å². The Morgan fingerprint density at radius 3 is 2.50 bits per heavy atom. The molecule has 2 aliphatic heterocycles. The number of piperazine rings is 1. The molecule has 1 aromatic carbocycles. The highest BCUT2D eigenvalue weighted by Gasteiger charge is 2.33. The maximum Gasteiger partial charge on any atom is 0.317 e. The Labute approximate surface area is 191 Å². The van der Waals surface area contributed by atoms with Crippen molar-refractivity contribution in [1.29, 1.82) is 0 Å². The van der Waals surface area contributed by atoms with Crippen LogP contribution in [0.1, 0.15) is 33.1 Å². The van der Waals surface area contributed by atoms with E-state index in [4.69, 9.17) is 4.74 Å². The molecule has 2 heterocycles. The average molecular weight is 447 g/mol. The number of piperidine rings is 1. The molecule has 0 spiro atoms. The number of methoxy groups -OCH3 is 1. The highest BCUT2D eigenvalue weighted by molar-refractivity contribution is 5.74. The van der Waals surface area contributed by atoms with Crippen LogP contribution in [0.15, 0.2) is 24.3 Å². The second kappa shape index (κ2) is 11.4. The summed E-state index contributed by atoms with van der Waals surface area (Å²) in [5, 5.41) is 12.3. The molecule has 0 saturated carbocycles. The number of hydrogen-bond acceptors (Lipinski definition) is 5. The monoisotopic (exact) mass is 446 g/mol. The van der Waals surface area contributed by atoms with E-state index in [0.29, 0.717) is 13.1 Å². The van der Waals surface area contributed by atoms with E-state index in [2.05, 4.69) is 21.2 Å². The van der Waals surface area contributed by atoms with Gasteiger partial charge in [-0.25, -0.2) is 4.79 Å². The van der Waals surface area contributed by atoms with Crippen LogP contribution in [0.25, 0.3) is 0 Å². The van der Waals surface area contributed by atoms with E-state index in [1.165, 1.54) is 0 Å². The molecule has 0 bridgehead atoms. The van der Waals surface area contributed by atoms with E-state index in [1.807, 2.05) is 36.9 Å². The summed E-state index contributed by atoms with van der Waals surface area (Å²) in [7, 11) is 1.71. The van der Waals surface area contributed by atoms with Crippen LogP contribution in [-0.2, 0) is 4.79 Å². The highest BCUT2D eigenvalue weighted by Crippen LogP contribution is 2.31. The van der Waals surface area contributed by atoms with E-state index >= 15 is 0 Å². The minimum atomic E-state index is -0.745. The van der Waals surface area contributed by atoms with Crippen molar-refractivity contribution in [1.82, 2.24) is 15.1 Å². The van der Waals surface area contributed by atoms with Crippen LogP contribution < -0.4 is 15.0 Å². The van der Waals surface area contributed by atoms with Gasteiger partial charge in [-0.2, -0.15) is 0 Å². The lowest BCUT2D eigenvalue weighted by Gasteiger charge is -2.40. The molecule has 0 aliphatic carbocycles. The zero-order chi connectivity index (χ0) is 23.1. The van der Waals surface area contributed by atoms with Gasteiger partial charge < -0.3 is 25.0 Å². The standard InChI is InChI=1S/C24H38N4O4/c1-18(2)25-24(31)28-11-9-19(16-23(29)30)20(17-28)8-10-26-12-14-27(15-13-26)21-6-4-5-7-22(21)32-3/h4-7,18-20H,8-17H2,1-3H3,(H,25,31)(H,29,30). The normalized spacial score (nSPS) is 22.1. The summed E-state index contributed by atoms with van der Waals surface area (Å²) in [5.74, 6) is 0.500. The second-order valence-electron chi connectivity index (χ2n) is 9.25. The van der Waals surface area contributed by atoms with Crippen molar-refractivity contribution in [3.05, 3.63) is 24.3 Å². The lowest BCUT2D eigenvalue weighted by molar-refractivity contribution is -0.139. The second-order valence-corrected chi connectivity index (χ2v) is 9.25. The number of amides is 2. The van der Waals surface area contributed by atoms with Crippen molar-refractivity contribution < 1.29 is 19.4 Å². The molecule has 0 radical (unpaired) electrons. The minimum Gasteiger partial charge on any atom is -0.495 e. The molecule has 8 nitrogen and oxygen atoms in total. The van der Waals surface area contributed by atoms with Gasteiger partial charge in [-0.1, -0.05) is 12.1 Å². The molecule has 2 aliphatic rings. The van der Waals surface area contributed by atoms with Crippen LogP contribution in [0, 0.1) is 11.8 Å². The summed E-state index contributed by atoms with van der Waals surface area (Å²) in [6, 6.07) is 8.18. The number of ether oxygens (including phenoxy) is 1. The molecule has 2 N–H and O–H groups in total. The van der Waals surface area contributed by atoms with Crippen molar-refractivity contribution in [3.8, 4) is 5.75 Å². The number of hydrogen-bond donors (Lipinski definition) is 2. The van der Waals surface area contributed by atoms with Gasteiger partial charge in [-0.3, -0.25) is 9.69 Å². The number of aliphatic carboxylic acids is 1. The van der Waals surface area contributed by atoms with Gasteiger partial charge in [-0.15, -0.1) is 0 Å². The number of anilines is 1. The number of carboxylic acid groups (broad SMARTS) is 1. The molecule has 2 fully saturated rings. The molecule has 178 valence electrons. The summed E-state index contributed by atoms with van der Waals surface area (Å²) in [5.41, 5.74) is 1.13. The lowest BCUT2D eigenvalue weighted by Crippen LogP contribution is -2.51. The van der Waals surface area contributed by atoms with Crippen molar-refractivity contribution in [2.45, 2.75) is 39.2 Å². The third kappa shape index (κ3) is 6.51. The highest BCUT2D eigenvalue weighted by atomic mass is 16.5. The van der Waals surface area contributed by atoms with Gasteiger partial charge in [0.1, 0.15) is 5.75 Å². The SMILES string of the molecule is COc1ccccc1N1CCN(CCC2CN(C(=O)NC(C)C)CCC2CC(=O)O)CC1. The molecule has 1 aromatic rings. The van der Waals surface area contributed by atoms with E-state index in [0.717, 1.165) is 57.0 Å². The van der Waals surface area contributed by atoms with Gasteiger partial charge >= 0.3 is 12.0 Å². The van der Waals surface area contributed by atoms with Crippen LogP contribution in [0.5, 0.6) is 5.75 Å². The molecule has 8 heteroatoms. The number of carboxylic acids is 1. The number of nitrogens with zero attached hydrogens (tertiary/aromatic N) is 3. The average Bonchev–Trinajstić information content (AvgIpc) is 2.78. The summed E-state index contributed by atoms with van der Waals surface area (Å²) in [4.78, 5) is 30.5. The van der Waals surface area contributed by atoms with Gasteiger partial charge in [0.2, 0.25) is 0 Å². The fourth-order valence-corrected chi connectivity index (χ4v) is 4.88. The van der Waals surface area contributed by atoms with Crippen molar-refractivity contribution in [3.63, 3.8) is 0 Å². The number of likely N-dealkylation sites (tertiary alicyclic amines) is 1. The largest absolute Gasteiger partial charge is 0.495 e. The number of para-hydroxylation sites is 2. The zero-order valence-electron chi connectivity index (χ0n) is 19.6. The Kier molecular flexibility index (Phi) is 8.61. The van der Waals surface area contributed by atoms with Crippen molar-refractivity contribution in [2.75, 3.05) is 57.8 Å². The van der Waals surface area contributed by atoms with Gasteiger partial charge in [0.05, 0.1) is 12.8 Å². The van der Waals surface area contributed by atoms with Gasteiger partial charge in [0.25, 0.3) is 0 Å². The first-order chi connectivity index (χ1) is 15.4. The number of nitrogens with one attached hydrogen (secondary N) is 1.